The summed E-state index contributed by atoms with van der Waals surface area (Å²) in [5.74, 6) is 1.26. The minimum absolute atomic E-state index is 0.235. The van der Waals surface area contributed by atoms with Gasteiger partial charge in [-0.2, -0.15) is 0 Å². The summed E-state index contributed by atoms with van der Waals surface area (Å²) in [5, 5.41) is 3.35. The molecular formula is C18H35N3O. The Labute approximate surface area is 136 Å². The first-order chi connectivity index (χ1) is 10.6. The van der Waals surface area contributed by atoms with E-state index >= 15 is 0 Å². The van der Waals surface area contributed by atoms with Gasteiger partial charge in [0.1, 0.15) is 0 Å². The summed E-state index contributed by atoms with van der Waals surface area (Å²) in [6, 6.07) is 0.614. The van der Waals surface area contributed by atoms with Gasteiger partial charge in [-0.15, -0.1) is 0 Å². The van der Waals surface area contributed by atoms with E-state index < -0.39 is 0 Å². The van der Waals surface area contributed by atoms with E-state index in [4.69, 9.17) is 5.73 Å². The van der Waals surface area contributed by atoms with Crippen LogP contribution in [0.3, 0.4) is 0 Å². The third-order valence-corrected chi connectivity index (χ3v) is 5.81. The van der Waals surface area contributed by atoms with Gasteiger partial charge in [0.25, 0.3) is 0 Å². The van der Waals surface area contributed by atoms with Gasteiger partial charge in [-0.1, -0.05) is 33.1 Å². The summed E-state index contributed by atoms with van der Waals surface area (Å²) < 4.78 is 0. The first-order valence-corrected chi connectivity index (χ1v) is 9.41. The molecule has 0 aromatic heterocycles. The monoisotopic (exact) mass is 309 g/mol. The Morgan fingerprint density at radius 1 is 1.05 bits per heavy atom. The molecule has 0 aliphatic heterocycles. The highest BCUT2D eigenvalue weighted by molar-refractivity contribution is 5.76. The highest BCUT2D eigenvalue weighted by Crippen LogP contribution is 2.28. The number of carbonyl (C=O) groups excluding carboxylic acids is 1. The fourth-order valence-corrected chi connectivity index (χ4v) is 4.25. The van der Waals surface area contributed by atoms with Gasteiger partial charge in [0, 0.05) is 25.0 Å². The predicted molar refractivity (Wildman–Crippen MR) is 91.6 cm³/mol. The van der Waals surface area contributed by atoms with Gasteiger partial charge in [-0.3, -0.25) is 4.79 Å². The normalized spacial score (nSPS) is 32.4. The zero-order chi connectivity index (χ0) is 15.9. The second kappa shape index (κ2) is 8.88. The Kier molecular flexibility index (Phi) is 7.16. The largest absolute Gasteiger partial charge is 0.353 e. The van der Waals surface area contributed by atoms with Crippen LogP contribution in [-0.2, 0) is 4.79 Å². The van der Waals surface area contributed by atoms with Crippen molar-refractivity contribution in [1.29, 1.82) is 0 Å². The number of rotatable bonds is 7. The molecular weight excluding hydrogens is 274 g/mol. The van der Waals surface area contributed by atoms with E-state index in [0.29, 0.717) is 24.3 Å². The number of nitrogens with two attached hydrogens (primary N) is 1. The van der Waals surface area contributed by atoms with Crippen LogP contribution in [0.1, 0.15) is 65.2 Å². The average Bonchev–Trinajstić information content (AvgIpc) is 2.91. The van der Waals surface area contributed by atoms with Gasteiger partial charge < -0.3 is 16.0 Å². The van der Waals surface area contributed by atoms with Crippen molar-refractivity contribution in [3.05, 3.63) is 0 Å². The van der Waals surface area contributed by atoms with Crippen LogP contribution in [0.4, 0.5) is 0 Å². The van der Waals surface area contributed by atoms with Crippen LogP contribution in [0.5, 0.6) is 0 Å². The van der Waals surface area contributed by atoms with Crippen LogP contribution in [-0.4, -0.2) is 42.5 Å². The van der Waals surface area contributed by atoms with E-state index in [1.807, 2.05) is 0 Å². The molecule has 4 atom stereocenters. The smallest absolute Gasteiger partial charge is 0.220 e. The molecule has 1 amide bonds. The van der Waals surface area contributed by atoms with Crippen LogP contribution in [0.25, 0.3) is 0 Å². The molecule has 0 saturated heterocycles. The van der Waals surface area contributed by atoms with E-state index in [0.717, 1.165) is 38.9 Å². The molecule has 0 radical (unpaired) electrons. The number of carbonyl (C=O) groups is 1. The molecule has 0 aromatic rings. The molecule has 0 aromatic carbocycles. The molecule has 4 nitrogen and oxygen atoms in total. The number of nitrogens with zero attached hydrogens (tertiary/aromatic N) is 1. The van der Waals surface area contributed by atoms with Crippen LogP contribution >= 0.6 is 0 Å². The van der Waals surface area contributed by atoms with Crippen molar-refractivity contribution in [2.45, 2.75) is 77.3 Å². The maximum Gasteiger partial charge on any atom is 0.220 e. The fraction of sp³-hybridized carbons (Fsp3) is 0.944. The van der Waals surface area contributed by atoms with Crippen LogP contribution < -0.4 is 11.1 Å². The van der Waals surface area contributed by atoms with Crippen molar-refractivity contribution in [3.8, 4) is 0 Å². The summed E-state index contributed by atoms with van der Waals surface area (Å²) in [5.41, 5.74) is 6.10. The molecule has 4 heteroatoms. The molecule has 2 rings (SSSR count). The lowest BCUT2D eigenvalue weighted by Crippen LogP contribution is -2.47. The van der Waals surface area contributed by atoms with E-state index in [1.54, 1.807) is 0 Å². The van der Waals surface area contributed by atoms with Crippen molar-refractivity contribution in [3.63, 3.8) is 0 Å². The molecule has 0 bridgehead atoms. The van der Waals surface area contributed by atoms with Crippen molar-refractivity contribution < 1.29 is 4.79 Å². The quantitative estimate of drug-likeness (QED) is 0.760. The molecule has 3 N–H and O–H groups in total. The van der Waals surface area contributed by atoms with Crippen LogP contribution in [0, 0.1) is 11.8 Å². The first kappa shape index (κ1) is 17.7. The molecule has 22 heavy (non-hydrogen) atoms. The van der Waals surface area contributed by atoms with Crippen LogP contribution in [0.2, 0.25) is 0 Å². The van der Waals surface area contributed by atoms with E-state index in [2.05, 4.69) is 24.1 Å². The average molecular weight is 309 g/mol. The lowest BCUT2D eigenvalue weighted by Gasteiger charge is -2.35. The van der Waals surface area contributed by atoms with Gasteiger partial charge in [0.05, 0.1) is 0 Å². The van der Waals surface area contributed by atoms with Gasteiger partial charge in [-0.25, -0.2) is 0 Å². The second-order valence-electron chi connectivity index (χ2n) is 7.26. The third kappa shape index (κ3) is 4.95. The maximum atomic E-state index is 12.4. The van der Waals surface area contributed by atoms with Gasteiger partial charge >= 0.3 is 0 Å². The fourth-order valence-electron chi connectivity index (χ4n) is 4.25. The Bertz CT molecular complexity index is 343. The second-order valence-corrected chi connectivity index (χ2v) is 7.26. The molecule has 2 unspecified atom stereocenters. The van der Waals surface area contributed by atoms with Crippen molar-refractivity contribution in [2.24, 2.45) is 17.6 Å². The van der Waals surface area contributed by atoms with E-state index in [1.165, 1.54) is 25.7 Å². The minimum atomic E-state index is 0.235. The van der Waals surface area contributed by atoms with Crippen molar-refractivity contribution in [1.82, 2.24) is 10.2 Å². The molecule has 0 heterocycles. The zero-order valence-corrected chi connectivity index (χ0v) is 14.5. The minimum Gasteiger partial charge on any atom is -0.353 e. The SMILES string of the molecule is CCN(CC)CC1CCCCC1NC(=O)C[C@@H]1CCC[C@H]1N. The molecule has 2 fully saturated rings. The van der Waals surface area contributed by atoms with Gasteiger partial charge in [0.2, 0.25) is 5.91 Å². The highest BCUT2D eigenvalue weighted by atomic mass is 16.1. The predicted octanol–water partition coefficient (Wildman–Crippen LogP) is 2.52. The van der Waals surface area contributed by atoms with Crippen molar-refractivity contribution >= 4 is 5.91 Å². The lowest BCUT2D eigenvalue weighted by molar-refractivity contribution is -0.123. The number of nitrogens with one attached hydrogen (secondary N) is 1. The summed E-state index contributed by atoms with van der Waals surface area (Å²) >= 11 is 0. The van der Waals surface area contributed by atoms with E-state index in [-0.39, 0.29) is 11.9 Å². The third-order valence-electron chi connectivity index (χ3n) is 5.81. The maximum absolute atomic E-state index is 12.4. The molecule has 2 saturated carbocycles. The molecule has 2 aliphatic rings. The number of amides is 1. The Balaban J connectivity index is 1.83. The Morgan fingerprint density at radius 3 is 2.36 bits per heavy atom. The first-order valence-electron chi connectivity index (χ1n) is 9.41. The Hall–Kier alpha value is -0.610. The van der Waals surface area contributed by atoms with Gasteiger partial charge in [-0.05, 0) is 50.6 Å². The summed E-state index contributed by atoms with van der Waals surface area (Å²) in [6.45, 7) is 7.78. The summed E-state index contributed by atoms with van der Waals surface area (Å²) in [7, 11) is 0. The van der Waals surface area contributed by atoms with Crippen molar-refractivity contribution in [2.75, 3.05) is 19.6 Å². The molecule has 0 spiro atoms. The molecule has 2 aliphatic carbocycles. The number of hydrogen-bond acceptors (Lipinski definition) is 3. The van der Waals surface area contributed by atoms with E-state index in [9.17, 15) is 4.79 Å². The lowest BCUT2D eigenvalue weighted by atomic mass is 9.83. The highest BCUT2D eigenvalue weighted by Gasteiger charge is 2.30. The zero-order valence-electron chi connectivity index (χ0n) is 14.5. The standard InChI is InChI=1S/C18H35N3O/c1-3-21(4-2)13-15-8-5-6-11-17(15)20-18(22)12-14-9-7-10-16(14)19/h14-17H,3-13,19H2,1-2H3,(H,20,22)/t14-,15?,16+,17?/m0/s1. The van der Waals surface area contributed by atoms with Crippen LogP contribution in [0.15, 0.2) is 0 Å². The Morgan fingerprint density at radius 2 is 1.73 bits per heavy atom. The molecule has 128 valence electrons. The number of hydrogen-bond donors (Lipinski definition) is 2. The van der Waals surface area contributed by atoms with Gasteiger partial charge in [0.15, 0.2) is 0 Å². The summed E-state index contributed by atoms with van der Waals surface area (Å²) in [4.78, 5) is 14.9. The topological polar surface area (TPSA) is 58.4 Å². The summed E-state index contributed by atoms with van der Waals surface area (Å²) in [6.07, 6.45) is 9.00.